The number of alkyl carbamates (subject to hydrolysis) is 1. The van der Waals surface area contributed by atoms with Crippen molar-refractivity contribution in [3.8, 4) is 0 Å². The van der Waals surface area contributed by atoms with Crippen LogP contribution in [0.25, 0.3) is 0 Å². The first-order valence-electron chi connectivity index (χ1n) is 9.86. The summed E-state index contributed by atoms with van der Waals surface area (Å²) in [5, 5.41) is 5.65. The smallest absolute Gasteiger partial charge is 0.407 e. The molecule has 2 rings (SSSR count). The fourth-order valence-electron chi connectivity index (χ4n) is 2.98. The van der Waals surface area contributed by atoms with Crippen LogP contribution in [0.4, 0.5) is 4.79 Å². The molecule has 8 nitrogen and oxygen atoms in total. The van der Waals surface area contributed by atoms with Crippen LogP contribution in [-0.4, -0.2) is 61.9 Å². The summed E-state index contributed by atoms with van der Waals surface area (Å²) < 4.78 is 16.4. The number of rotatable bonds is 8. The number of aryl methyl sites for hydroxylation is 1. The molecule has 2 heterocycles. The summed E-state index contributed by atoms with van der Waals surface area (Å²) in [6.45, 7) is 11.2. The Balaban J connectivity index is 1.74. The minimum absolute atomic E-state index is 0.0126. The molecule has 1 aliphatic heterocycles. The van der Waals surface area contributed by atoms with Crippen LogP contribution < -0.4 is 10.6 Å². The van der Waals surface area contributed by atoms with Gasteiger partial charge in [-0.3, -0.25) is 9.69 Å². The summed E-state index contributed by atoms with van der Waals surface area (Å²) in [6, 6.07) is 3.89. The van der Waals surface area contributed by atoms with Gasteiger partial charge in [0.1, 0.15) is 17.1 Å². The van der Waals surface area contributed by atoms with Crippen LogP contribution in [0.1, 0.15) is 51.2 Å². The molecule has 1 aliphatic rings. The van der Waals surface area contributed by atoms with Crippen molar-refractivity contribution in [2.24, 2.45) is 0 Å². The maximum atomic E-state index is 12.2. The molecule has 158 valence electrons. The Labute approximate surface area is 166 Å². The van der Waals surface area contributed by atoms with Crippen LogP contribution >= 0.6 is 0 Å². The first kappa shape index (κ1) is 22.2. The second kappa shape index (κ2) is 10.5. The Bertz CT molecular complexity index is 632. The summed E-state index contributed by atoms with van der Waals surface area (Å²) in [5.41, 5.74) is -0.528. The number of furan rings is 1. The fraction of sp³-hybridized carbons (Fsp3) is 0.700. The van der Waals surface area contributed by atoms with Crippen molar-refractivity contribution >= 4 is 12.0 Å². The van der Waals surface area contributed by atoms with Crippen LogP contribution in [0.15, 0.2) is 16.5 Å². The second-order valence-electron chi connectivity index (χ2n) is 7.95. The minimum Gasteiger partial charge on any atom is -0.465 e. The van der Waals surface area contributed by atoms with Gasteiger partial charge in [-0.15, -0.1) is 0 Å². The lowest BCUT2D eigenvalue weighted by molar-refractivity contribution is -0.121. The van der Waals surface area contributed by atoms with E-state index in [1.54, 1.807) is 0 Å². The summed E-state index contributed by atoms with van der Waals surface area (Å²) in [7, 11) is 0. The predicted octanol–water partition coefficient (Wildman–Crippen LogP) is 2.38. The summed E-state index contributed by atoms with van der Waals surface area (Å²) >= 11 is 0. The second-order valence-corrected chi connectivity index (χ2v) is 7.95. The highest BCUT2D eigenvalue weighted by Gasteiger charge is 2.25. The highest BCUT2D eigenvalue weighted by atomic mass is 16.6. The molecule has 8 heteroatoms. The van der Waals surface area contributed by atoms with Gasteiger partial charge >= 0.3 is 6.09 Å². The quantitative estimate of drug-likeness (QED) is 0.657. The van der Waals surface area contributed by atoms with Crippen LogP contribution in [0, 0.1) is 6.92 Å². The van der Waals surface area contributed by atoms with Crippen LogP contribution in [0.5, 0.6) is 0 Å². The lowest BCUT2D eigenvalue weighted by atomic mass is 10.1. The van der Waals surface area contributed by atoms with Gasteiger partial charge in [-0.05, 0) is 46.2 Å². The van der Waals surface area contributed by atoms with Gasteiger partial charge in [0.2, 0.25) is 5.91 Å². The van der Waals surface area contributed by atoms with Gasteiger partial charge in [0.25, 0.3) is 0 Å². The van der Waals surface area contributed by atoms with Gasteiger partial charge in [-0.25, -0.2) is 4.79 Å². The van der Waals surface area contributed by atoms with Crippen molar-refractivity contribution in [3.63, 3.8) is 0 Å². The molecule has 0 saturated carbocycles. The van der Waals surface area contributed by atoms with Gasteiger partial charge in [0.15, 0.2) is 0 Å². The Morgan fingerprint density at radius 3 is 2.54 bits per heavy atom. The molecule has 1 aromatic heterocycles. The predicted molar refractivity (Wildman–Crippen MR) is 105 cm³/mol. The Morgan fingerprint density at radius 1 is 1.21 bits per heavy atom. The Kier molecular flexibility index (Phi) is 8.32. The molecule has 2 amide bonds. The van der Waals surface area contributed by atoms with E-state index in [9.17, 15) is 9.59 Å². The molecule has 0 spiro atoms. The Hall–Kier alpha value is -2.06. The number of carbonyl (C=O) groups is 2. The number of hydrogen-bond acceptors (Lipinski definition) is 6. The first-order chi connectivity index (χ1) is 13.2. The molecule has 0 bridgehead atoms. The van der Waals surface area contributed by atoms with Gasteiger partial charge < -0.3 is 24.5 Å². The average Bonchev–Trinajstić information content (AvgIpc) is 3.04. The van der Waals surface area contributed by atoms with Gasteiger partial charge in [-0.2, -0.15) is 0 Å². The van der Waals surface area contributed by atoms with E-state index in [-0.39, 0.29) is 11.9 Å². The van der Waals surface area contributed by atoms with Crippen LogP contribution in [0.3, 0.4) is 0 Å². The minimum atomic E-state index is -0.528. The lowest BCUT2D eigenvalue weighted by Gasteiger charge is -2.33. The van der Waals surface area contributed by atoms with Crippen molar-refractivity contribution in [1.29, 1.82) is 0 Å². The normalized spacial score (nSPS) is 16.4. The molecule has 2 N–H and O–H groups in total. The summed E-state index contributed by atoms with van der Waals surface area (Å²) in [4.78, 5) is 26.1. The third kappa shape index (κ3) is 7.90. The molecule has 28 heavy (non-hydrogen) atoms. The SMILES string of the molecule is Cc1ccc(C(CNC(=O)CCCNC(=O)OC(C)(C)C)N2CCOCC2)o1. The molecule has 1 unspecified atom stereocenters. The van der Waals surface area contributed by atoms with Gasteiger partial charge in [0.05, 0.1) is 19.3 Å². The fourth-order valence-corrected chi connectivity index (χ4v) is 2.98. The van der Waals surface area contributed by atoms with Crippen molar-refractivity contribution in [3.05, 3.63) is 23.7 Å². The number of nitrogens with zero attached hydrogens (tertiary/aromatic N) is 1. The maximum Gasteiger partial charge on any atom is 0.407 e. The molecule has 1 aromatic rings. The molecule has 0 aliphatic carbocycles. The Morgan fingerprint density at radius 2 is 1.93 bits per heavy atom. The van der Waals surface area contributed by atoms with E-state index in [0.717, 1.165) is 24.6 Å². The van der Waals surface area contributed by atoms with Crippen molar-refractivity contribution < 1.29 is 23.5 Å². The van der Waals surface area contributed by atoms with E-state index in [2.05, 4.69) is 15.5 Å². The average molecular weight is 396 g/mol. The summed E-state index contributed by atoms with van der Waals surface area (Å²) in [5.74, 6) is 1.66. The number of hydrogen-bond donors (Lipinski definition) is 2. The number of carbonyl (C=O) groups excluding carboxylic acids is 2. The molecule has 1 fully saturated rings. The van der Waals surface area contributed by atoms with E-state index in [4.69, 9.17) is 13.9 Å². The maximum absolute atomic E-state index is 12.2. The number of morpholine rings is 1. The van der Waals surface area contributed by atoms with E-state index in [0.29, 0.717) is 39.1 Å². The topological polar surface area (TPSA) is 93.0 Å². The third-order valence-corrected chi connectivity index (χ3v) is 4.32. The van der Waals surface area contributed by atoms with E-state index in [1.165, 1.54) is 0 Å². The van der Waals surface area contributed by atoms with E-state index >= 15 is 0 Å². The first-order valence-corrected chi connectivity index (χ1v) is 9.86. The standard InChI is InChI=1S/C20H33N3O5/c1-15-7-8-17(27-15)16(23-10-12-26-13-11-23)14-22-18(24)6-5-9-21-19(25)28-20(2,3)4/h7-8,16H,5-6,9-14H2,1-4H3,(H,21,25)(H,22,24). The molecule has 1 saturated heterocycles. The third-order valence-electron chi connectivity index (χ3n) is 4.32. The molecule has 1 atom stereocenters. The number of nitrogens with one attached hydrogen (secondary N) is 2. The van der Waals surface area contributed by atoms with Crippen molar-refractivity contribution in [2.75, 3.05) is 39.4 Å². The van der Waals surface area contributed by atoms with Gasteiger partial charge in [-0.1, -0.05) is 0 Å². The van der Waals surface area contributed by atoms with E-state index in [1.807, 2.05) is 39.8 Å². The van der Waals surface area contributed by atoms with Crippen molar-refractivity contribution in [2.45, 2.75) is 52.2 Å². The largest absolute Gasteiger partial charge is 0.465 e. The lowest BCUT2D eigenvalue weighted by Crippen LogP contribution is -2.43. The van der Waals surface area contributed by atoms with Crippen molar-refractivity contribution in [1.82, 2.24) is 15.5 Å². The summed E-state index contributed by atoms with van der Waals surface area (Å²) in [6.07, 6.45) is 0.421. The number of ether oxygens (including phenoxy) is 2. The monoisotopic (exact) mass is 395 g/mol. The highest BCUT2D eigenvalue weighted by molar-refractivity contribution is 5.76. The highest BCUT2D eigenvalue weighted by Crippen LogP contribution is 2.23. The molecular formula is C20H33N3O5. The van der Waals surface area contributed by atoms with Gasteiger partial charge in [0, 0.05) is 32.6 Å². The van der Waals surface area contributed by atoms with Crippen LogP contribution in [-0.2, 0) is 14.3 Å². The van der Waals surface area contributed by atoms with E-state index < -0.39 is 11.7 Å². The zero-order valence-electron chi connectivity index (χ0n) is 17.4. The number of amides is 2. The molecule has 0 radical (unpaired) electrons. The molecular weight excluding hydrogens is 362 g/mol. The molecule has 0 aromatic carbocycles. The zero-order valence-corrected chi connectivity index (χ0v) is 17.4. The van der Waals surface area contributed by atoms with Crippen LogP contribution in [0.2, 0.25) is 0 Å². The zero-order chi connectivity index (χ0) is 20.6.